The van der Waals surface area contributed by atoms with Gasteiger partial charge in [0.1, 0.15) is 0 Å². The molecule has 0 aliphatic carbocycles. The molecular weight excluding hydrogens is 212 g/mol. The number of hydrogen-bond acceptors (Lipinski definition) is 4. The molecule has 1 aliphatic heterocycles. The highest BCUT2D eigenvalue weighted by Gasteiger charge is 2.23. The molecule has 0 saturated carbocycles. The van der Waals surface area contributed by atoms with Crippen molar-refractivity contribution < 1.29 is 0 Å². The maximum absolute atomic E-state index is 4.15. The lowest BCUT2D eigenvalue weighted by molar-refractivity contribution is 0.160. The molecule has 0 aromatic carbocycles. The van der Waals surface area contributed by atoms with E-state index in [1.54, 1.807) is 6.20 Å². The van der Waals surface area contributed by atoms with Crippen molar-refractivity contribution >= 4 is 0 Å². The molecule has 2 rings (SSSR count). The fourth-order valence-corrected chi connectivity index (χ4v) is 2.30. The van der Waals surface area contributed by atoms with E-state index in [-0.39, 0.29) is 0 Å². The summed E-state index contributed by atoms with van der Waals surface area (Å²) in [5, 5.41) is 11.7. The smallest absolute Gasteiger partial charge is 0.0771 e. The standard InChI is InChI=1S/C13H22N4/c1-3-11(2)13-10-17(8-7-14-13)9-12-5-4-6-15-16-12/h4-6,11,13-14H,3,7-10H2,1-2H3. The minimum atomic E-state index is 0.616. The van der Waals surface area contributed by atoms with E-state index in [9.17, 15) is 0 Å². The van der Waals surface area contributed by atoms with Gasteiger partial charge in [0.05, 0.1) is 5.69 Å². The number of hydrogen-bond donors (Lipinski definition) is 1. The van der Waals surface area contributed by atoms with Crippen LogP contribution < -0.4 is 5.32 Å². The third-order valence-corrected chi connectivity index (χ3v) is 3.63. The van der Waals surface area contributed by atoms with Gasteiger partial charge in [-0.25, -0.2) is 0 Å². The first-order valence-electron chi connectivity index (χ1n) is 6.52. The molecule has 2 unspecified atom stereocenters. The summed E-state index contributed by atoms with van der Waals surface area (Å²) in [6.07, 6.45) is 2.96. The normalized spacial score (nSPS) is 23.5. The fraction of sp³-hybridized carbons (Fsp3) is 0.692. The zero-order chi connectivity index (χ0) is 12.1. The first kappa shape index (κ1) is 12.5. The van der Waals surface area contributed by atoms with Gasteiger partial charge in [0.25, 0.3) is 0 Å². The maximum Gasteiger partial charge on any atom is 0.0771 e. The van der Waals surface area contributed by atoms with Crippen molar-refractivity contribution in [1.82, 2.24) is 20.4 Å². The molecule has 4 heteroatoms. The summed E-state index contributed by atoms with van der Waals surface area (Å²) >= 11 is 0. The zero-order valence-corrected chi connectivity index (χ0v) is 10.8. The Labute approximate surface area is 103 Å². The van der Waals surface area contributed by atoms with Crippen LogP contribution in [0.2, 0.25) is 0 Å². The molecule has 2 atom stereocenters. The van der Waals surface area contributed by atoms with E-state index in [1.165, 1.54) is 6.42 Å². The van der Waals surface area contributed by atoms with Crippen LogP contribution in [-0.2, 0) is 6.54 Å². The quantitative estimate of drug-likeness (QED) is 0.852. The van der Waals surface area contributed by atoms with Gasteiger partial charge in [-0.1, -0.05) is 20.3 Å². The highest BCUT2D eigenvalue weighted by Crippen LogP contribution is 2.13. The van der Waals surface area contributed by atoms with E-state index in [0.717, 1.165) is 37.8 Å². The van der Waals surface area contributed by atoms with Gasteiger partial charge in [-0.2, -0.15) is 10.2 Å². The van der Waals surface area contributed by atoms with E-state index < -0.39 is 0 Å². The van der Waals surface area contributed by atoms with Crippen LogP contribution in [-0.4, -0.2) is 40.8 Å². The van der Waals surface area contributed by atoms with Crippen LogP contribution in [0.25, 0.3) is 0 Å². The average Bonchev–Trinajstić information content (AvgIpc) is 2.39. The van der Waals surface area contributed by atoms with E-state index in [1.807, 2.05) is 12.1 Å². The Kier molecular flexibility index (Phi) is 4.45. The third-order valence-electron chi connectivity index (χ3n) is 3.63. The van der Waals surface area contributed by atoms with Gasteiger partial charge >= 0.3 is 0 Å². The lowest BCUT2D eigenvalue weighted by Gasteiger charge is -2.36. The Morgan fingerprint density at radius 1 is 1.59 bits per heavy atom. The topological polar surface area (TPSA) is 41.1 Å². The molecule has 0 radical (unpaired) electrons. The maximum atomic E-state index is 4.15. The second-order valence-electron chi connectivity index (χ2n) is 4.90. The second kappa shape index (κ2) is 6.07. The van der Waals surface area contributed by atoms with Crippen molar-refractivity contribution in [3.8, 4) is 0 Å². The van der Waals surface area contributed by atoms with E-state index in [0.29, 0.717) is 6.04 Å². The Morgan fingerprint density at radius 2 is 2.47 bits per heavy atom. The summed E-state index contributed by atoms with van der Waals surface area (Å²) in [5.74, 6) is 0.736. The van der Waals surface area contributed by atoms with Crippen molar-refractivity contribution in [2.24, 2.45) is 5.92 Å². The summed E-state index contributed by atoms with van der Waals surface area (Å²) in [6.45, 7) is 8.80. The number of nitrogens with one attached hydrogen (secondary N) is 1. The van der Waals surface area contributed by atoms with Gasteiger partial charge in [0.15, 0.2) is 0 Å². The Hall–Kier alpha value is -1.00. The highest BCUT2D eigenvalue weighted by molar-refractivity contribution is 4.99. The van der Waals surface area contributed by atoms with Gasteiger partial charge in [-0.3, -0.25) is 4.90 Å². The Balaban J connectivity index is 1.89. The van der Waals surface area contributed by atoms with Gasteiger partial charge in [0.2, 0.25) is 0 Å². The summed E-state index contributed by atoms with van der Waals surface area (Å²) in [6, 6.07) is 4.62. The van der Waals surface area contributed by atoms with Gasteiger partial charge < -0.3 is 5.32 Å². The molecule has 94 valence electrons. The molecule has 1 fully saturated rings. The lowest BCUT2D eigenvalue weighted by atomic mass is 9.97. The van der Waals surface area contributed by atoms with Crippen molar-refractivity contribution in [2.75, 3.05) is 19.6 Å². The lowest BCUT2D eigenvalue weighted by Crippen LogP contribution is -2.52. The Morgan fingerprint density at radius 3 is 3.18 bits per heavy atom. The number of nitrogens with zero attached hydrogens (tertiary/aromatic N) is 3. The summed E-state index contributed by atoms with van der Waals surface area (Å²) in [5.41, 5.74) is 1.07. The zero-order valence-electron chi connectivity index (χ0n) is 10.8. The highest BCUT2D eigenvalue weighted by atomic mass is 15.2. The van der Waals surface area contributed by atoms with Crippen molar-refractivity contribution in [3.63, 3.8) is 0 Å². The van der Waals surface area contributed by atoms with E-state index in [2.05, 4.69) is 34.3 Å². The minimum absolute atomic E-state index is 0.616. The third kappa shape index (κ3) is 3.48. The molecule has 2 heterocycles. The first-order chi connectivity index (χ1) is 8.29. The number of piperazine rings is 1. The largest absolute Gasteiger partial charge is 0.311 e. The molecule has 1 N–H and O–H groups in total. The van der Waals surface area contributed by atoms with Crippen LogP contribution >= 0.6 is 0 Å². The molecule has 0 amide bonds. The average molecular weight is 234 g/mol. The van der Waals surface area contributed by atoms with Crippen molar-refractivity contribution in [3.05, 3.63) is 24.0 Å². The van der Waals surface area contributed by atoms with Gasteiger partial charge in [-0.05, 0) is 18.1 Å². The summed E-state index contributed by atoms with van der Waals surface area (Å²) in [7, 11) is 0. The molecule has 1 aromatic heterocycles. The second-order valence-corrected chi connectivity index (χ2v) is 4.90. The molecular formula is C13H22N4. The van der Waals surface area contributed by atoms with Crippen LogP contribution in [0.5, 0.6) is 0 Å². The van der Waals surface area contributed by atoms with Crippen LogP contribution in [0, 0.1) is 5.92 Å². The summed E-state index contributed by atoms with van der Waals surface area (Å²) < 4.78 is 0. The number of rotatable bonds is 4. The molecule has 1 aromatic rings. The predicted molar refractivity (Wildman–Crippen MR) is 68.6 cm³/mol. The van der Waals surface area contributed by atoms with Crippen LogP contribution in [0.15, 0.2) is 18.3 Å². The summed E-state index contributed by atoms with van der Waals surface area (Å²) in [4.78, 5) is 2.47. The van der Waals surface area contributed by atoms with Crippen molar-refractivity contribution in [2.45, 2.75) is 32.9 Å². The van der Waals surface area contributed by atoms with Gasteiger partial charge in [-0.15, -0.1) is 0 Å². The molecule has 4 nitrogen and oxygen atoms in total. The van der Waals surface area contributed by atoms with Crippen molar-refractivity contribution in [1.29, 1.82) is 0 Å². The molecule has 0 bridgehead atoms. The Bertz CT molecular complexity index is 327. The number of aromatic nitrogens is 2. The van der Waals surface area contributed by atoms with Crippen LogP contribution in [0.4, 0.5) is 0 Å². The molecule has 0 spiro atoms. The minimum Gasteiger partial charge on any atom is -0.311 e. The predicted octanol–water partition coefficient (Wildman–Crippen LogP) is 1.30. The monoisotopic (exact) mass is 234 g/mol. The van der Waals surface area contributed by atoms with E-state index >= 15 is 0 Å². The SMILES string of the molecule is CCC(C)C1CN(Cc2cccnn2)CCN1. The van der Waals surface area contributed by atoms with Crippen LogP contribution in [0.3, 0.4) is 0 Å². The van der Waals surface area contributed by atoms with Gasteiger partial charge in [0, 0.05) is 38.4 Å². The molecule has 17 heavy (non-hydrogen) atoms. The van der Waals surface area contributed by atoms with Crippen LogP contribution in [0.1, 0.15) is 26.0 Å². The first-order valence-corrected chi connectivity index (χ1v) is 6.52. The fourth-order valence-electron chi connectivity index (χ4n) is 2.30. The molecule has 1 aliphatic rings. The van der Waals surface area contributed by atoms with E-state index in [4.69, 9.17) is 0 Å². The molecule has 1 saturated heterocycles.